The number of hydrogen-bond acceptors (Lipinski definition) is 4. The van der Waals surface area contributed by atoms with Crippen molar-refractivity contribution in [2.24, 2.45) is 0 Å². The summed E-state index contributed by atoms with van der Waals surface area (Å²) in [4.78, 5) is 15.1. The van der Waals surface area contributed by atoms with Crippen molar-refractivity contribution in [3.05, 3.63) is 0 Å². The second kappa shape index (κ2) is 6.05. The van der Waals surface area contributed by atoms with Crippen LogP contribution < -0.4 is 5.32 Å². The number of likely N-dealkylation sites (N-methyl/N-ethyl adjacent to an activating group) is 2. The molecule has 88 valence electrons. The first-order valence-electron chi connectivity index (χ1n) is 5.30. The third kappa shape index (κ3) is 4.59. The molecule has 1 rings (SSSR count). The van der Waals surface area contributed by atoms with Crippen LogP contribution in [0.2, 0.25) is 0 Å². The molecule has 0 radical (unpaired) electrons. The van der Waals surface area contributed by atoms with Crippen molar-refractivity contribution >= 4 is 5.91 Å². The maximum Gasteiger partial charge on any atom is 0.236 e. The Morgan fingerprint density at radius 1 is 1.60 bits per heavy atom. The molecule has 0 spiro atoms. The molecule has 5 nitrogen and oxygen atoms in total. The highest BCUT2D eigenvalue weighted by molar-refractivity contribution is 5.77. The number of morpholine rings is 1. The lowest BCUT2D eigenvalue weighted by Gasteiger charge is -2.30. The fourth-order valence-corrected chi connectivity index (χ4v) is 1.49. The van der Waals surface area contributed by atoms with Crippen LogP contribution in [0.25, 0.3) is 0 Å². The Balaban J connectivity index is 2.11. The molecule has 1 heterocycles. The van der Waals surface area contributed by atoms with Gasteiger partial charge in [-0.3, -0.25) is 4.79 Å². The van der Waals surface area contributed by atoms with E-state index in [1.54, 1.807) is 19.0 Å². The lowest BCUT2D eigenvalue weighted by Crippen LogP contribution is -2.46. The fraction of sp³-hybridized carbons (Fsp3) is 0.900. The van der Waals surface area contributed by atoms with Crippen LogP contribution in [0.5, 0.6) is 0 Å². The Morgan fingerprint density at radius 2 is 2.33 bits per heavy atom. The van der Waals surface area contributed by atoms with Gasteiger partial charge in [-0.15, -0.1) is 0 Å². The van der Waals surface area contributed by atoms with Crippen LogP contribution in [0.4, 0.5) is 0 Å². The Bertz CT molecular complexity index is 209. The largest absolute Gasteiger partial charge is 0.374 e. The zero-order chi connectivity index (χ0) is 11.3. The highest BCUT2D eigenvalue weighted by atomic mass is 16.5. The molecule has 1 aliphatic heterocycles. The number of rotatable bonds is 4. The summed E-state index contributed by atoms with van der Waals surface area (Å²) in [6, 6.07) is 0. The summed E-state index contributed by atoms with van der Waals surface area (Å²) in [6.45, 7) is 3.83. The molecule has 0 aromatic rings. The monoisotopic (exact) mass is 215 g/mol. The van der Waals surface area contributed by atoms with E-state index in [1.807, 2.05) is 0 Å². The molecule has 1 amide bonds. The number of hydrogen-bond donors (Lipinski definition) is 1. The van der Waals surface area contributed by atoms with Gasteiger partial charge in [-0.2, -0.15) is 0 Å². The molecular formula is C10H21N3O2. The Hall–Kier alpha value is -0.650. The van der Waals surface area contributed by atoms with E-state index in [4.69, 9.17) is 4.74 Å². The lowest BCUT2D eigenvalue weighted by molar-refractivity contribution is -0.127. The molecule has 0 aliphatic carbocycles. The standard InChI is InChI=1S/C10H21N3O2/c1-12(2)10(14)7-11-6-9-8-13(3)4-5-15-9/h9,11H,4-8H2,1-3H3. The number of nitrogens with zero attached hydrogens (tertiary/aromatic N) is 2. The summed E-state index contributed by atoms with van der Waals surface area (Å²) < 4.78 is 5.56. The SMILES string of the molecule is CN1CCOC(CNCC(=O)N(C)C)C1. The maximum atomic E-state index is 11.3. The minimum atomic E-state index is 0.0964. The van der Waals surface area contributed by atoms with Crippen molar-refractivity contribution in [3.8, 4) is 0 Å². The molecule has 0 saturated carbocycles. The van der Waals surface area contributed by atoms with Gasteiger partial charge in [-0.05, 0) is 7.05 Å². The number of amides is 1. The van der Waals surface area contributed by atoms with Crippen molar-refractivity contribution in [3.63, 3.8) is 0 Å². The van der Waals surface area contributed by atoms with Crippen molar-refractivity contribution in [1.29, 1.82) is 0 Å². The van der Waals surface area contributed by atoms with Crippen molar-refractivity contribution < 1.29 is 9.53 Å². The third-order valence-corrected chi connectivity index (χ3v) is 2.49. The minimum absolute atomic E-state index is 0.0964. The number of nitrogens with one attached hydrogen (secondary N) is 1. The van der Waals surface area contributed by atoms with Gasteiger partial charge in [0.1, 0.15) is 0 Å². The number of ether oxygens (including phenoxy) is 1. The van der Waals surface area contributed by atoms with Crippen LogP contribution in [0, 0.1) is 0 Å². The van der Waals surface area contributed by atoms with E-state index in [9.17, 15) is 4.79 Å². The van der Waals surface area contributed by atoms with Gasteiger partial charge in [-0.25, -0.2) is 0 Å². The summed E-state index contributed by atoms with van der Waals surface area (Å²) in [5, 5.41) is 3.11. The Kier molecular flexibility index (Phi) is 5.01. The first-order valence-corrected chi connectivity index (χ1v) is 5.30. The van der Waals surface area contributed by atoms with Crippen LogP contribution in [-0.4, -0.2) is 75.7 Å². The summed E-state index contributed by atoms with van der Waals surface area (Å²) in [7, 11) is 5.60. The van der Waals surface area contributed by atoms with Gasteiger partial charge in [0.15, 0.2) is 0 Å². The minimum Gasteiger partial charge on any atom is -0.374 e. The predicted molar refractivity (Wildman–Crippen MR) is 58.8 cm³/mol. The van der Waals surface area contributed by atoms with Crippen molar-refractivity contribution in [1.82, 2.24) is 15.1 Å². The molecule has 1 unspecified atom stereocenters. The third-order valence-electron chi connectivity index (χ3n) is 2.49. The second-order valence-corrected chi connectivity index (χ2v) is 4.17. The molecule has 1 saturated heterocycles. The van der Waals surface area contributed by atoms with E-state index in [2.05, 4.69) is 17.3 Å². The van der Waals surface area contributed by atoms with E-state index in [0.29, 0.717) is 6.54 Å². The van der Waals surface area contributed by atoms with E-state index in [1.165, 1.54) is 0 Å². The molecule has 1 N–H and O–H groups in total. The summed E-state index contributed by atoms with van der Waals surface area (Å²) in [5.74, 6) is 0.0964. The van der Waals surface area contributed by atoms with Crippen LogP contribution in [-0.2, 0) is 9.53 Å². The van der Waals surface area contributed by atoms with E-state index >= 15 is 0 Å². The van der Waals surface area contributed by atoms with Crippen LogP contribution in [0.3, 0.4) is 0 Å². The van der Waals surface area contributed by atoms with Gasteiger partial charge in [-0.1, -0.05) is 0 Å². The number of carbonyl (C=O) groups excluding carboxylic acids is 1. The first kappa shape index (κ1) is 12.4. The van der Waals surface area contributed by atoms with Gasteiger partial charge < -0.3 is 19.9 Å². The molecule has 0 aromatic heterocycles. The van der Waals surface area contributed by atoms with E-state index < -0.39 is 0 Å². The van der Waals surface area contributed by atoms with Gasteiger partial charge in [0.2, 0.25) is 5.91 Å². The average molecular weight is 215 g/mol. The Labute approximate surface area is 91.4 Å². The molecule has 5 heteroatoms. The summed E-state index contributed by atoms with van der Waals surface area (Å²) in [6.07, 6.45) is 0.207. The smallest absolute Gasteiger partial charge is 0.236 e. The lowest BCUT2D eigenvalue weighted by atomic mass is 10.3. The van der Waals surface area contributed by atoms with Gasteiger partial charge in [0, 0.05) is 33.7 Å². The normalized spacial score (nSPS) is 22.7. The number of carbonyl (C=O) groups is 1. The molecule has 0 aromatic carbocycles. The van der Waals surface area contributed by atoms with Crippen LogP contribution >= 0.6 is 0 Å². The highest BCUT2D eigenvalue weighted by Gasteiger charge is 2.17. The van der Waals surface area contributed by atoms with Crippen LogP contribution in [0.1, 0.15) is 0 Å². The van der Waals surface area contributed by atoms with Crippen molar-refractivity contribution in [2.75, 3.05) is 53.9 Å². The highest BCUT2D eigenvalue weighted by Crippen LogP contribution is 2.01. The summed E-state index contributed by atoms with van der Waals surface area (Å²) >= 11 is 0. The second-order valence-electron chi connectivity index (χ2n) is 4.17. The molecule has 15 heavy (non-hydrogen) atoms. The molecular weight excluding hydrogens is 194 g/mol. The zero-order valence-corrected chi connectivity index (χ0v) is 9.82. The maximum absolute atomic E-state index is 11.3. The van der Waals surface area contributed by atoms with Gasteiger partial charge in [0.05, 0.1) is 19.3 Å². The molecule has 1 aliphatic rings. The first-order chi connectivity index (χ1) is 7.09. The van der Waals surface area contributed by atoms with Crippen molar-refractivity contribution in [2.45, 2.75) is 6.10 Å². The van der Waals surface area contributed by atoms with Gasteiger partial charge >= 0.3 is 0 Å². The average Bonchev–Trinajstić information content (AvgIpc) is 2.17. The molecule has 1 fully saturated rings. The van der Waals surface area contributed by atoms with Crippen LogP contribution in [0.15, 0.2) is 0 Å². The quantitative estimate of drug-likeness (QED) is 0.653. The molecule has 1 atom stereocenters. The van der Waals surface area contributed by atoms with Gasteiger partial charge in [0.25, 0.3) is 0 Å². The molecule has 0 bridgehead atoms. The Morgan fingerprint density at radius 3 is 2.93 bits per heavy atom. The fourth-order valence-electron chi connectivity index (χ4n) is 1.49. The zero-order valence-electron chi connectivity index (χ0n) is 9.82. The summed E-state index contributed by atoms with van der Waals surface area (Å²) in [5.41, 5.74) is 0. The van der Waals surface area contributed by atoms with E-state index in [-0.39, 0.29) is 12.0 Å². The topological polar surface area (TPSA) is 44.8 Å². The van der Waals surface area contributed by atoms with E-state index in [0.717, 1.165) is 26.2 Å². The predicted octanol–water partition coefficient (Wildman–Crippen LogP) is -1.01.